The predicted molar refractivity (Wildman–Crippen MR) is 52.2 cm³/mol. The minimum Gasteiger partial charge on any atom is -0.493 e. The number of halogens is 2. The fraction of sp³-hybridized carbons (Fsp3) is 0.400. The molecule has 1 rings (SSSR count). The van der Waals surface area contributed by atoms with Gasteiger partial charge in [-0.2, -0.15) is 8.78 Å². The molecule has 0 radical (unpaired) electrons. The Morgan fingerprint density at radius 2 is 2.00 bits per heavy atom. The molecule has 3 nitrogen and oxygen atoms in total. The quantitative estimate of drug-likeness (QED) is 0.741. The Labute approximate surface area is 86.8 Å². The second-order valence-corrected chi connectivity index (χ2v) is 2.84. The lowest BCUT2D eigenvalue weighted by molar-refractivity contribution is -0.0499. The smallest absolute Gasteiger partial charge is 0.387 e. The second-order valence-electron chi connectivity index (χ2n) is 2.84. The Morgan fingerprint density at radius 3 is 2.67 bits per heavy atom. The van der Waals surface area contributed by atoms with Crippen molar-refractivity contribution >= 4 is 0 Å². The first-order valence-corrected chi connectivity index (χ1v) is 4.60. The summed E-state index contributed by atoms with van der Waals surface area (Å²) in [7, 11) is 0. The lowest BCUT2D eigenvalue weighted by atomic mass is 10.3. The Morgan fingerprint density at radius 1 is 1.27 bits per heavy atom. The molecule has 0 aliphatic rings. The van der Waals surface area contributed by atoms with Crippen LogP contribution in [-0.2, 0) is 0 Å². The molecule has 1 aromatic carbocycles. The van der Waals surface area contributed by atoms with Gasteiger partial charge in [-0.05, 0) is 25.1 Å². The summed E-state index contributed by atoms with van der Waals surface area (Å²) in [5.74, 6) is 0.594. The van der Waals surface area contributed by atoms with E-state index in [1.165, 1.54) is 12.1 Å². The van der Waals surface area contributed by atoms with Crippen molar-refractivity contribution in [3.8, 4) is 11.5 Å². The van der Waals surface area contributed by atoms with E-state index in [0.717, 1.165) is 6.42 Å². The molecule has 0 fully saturated rings. The molecule has 84 valence electrons. The van der Waals surface area contributed by atoms with Crippen LogP contribution >= 0.6 is 0 Å². The molecule has 2 N–H and O–H groups in total. The number of benzene rings is 1. The van der Waals surface area contributed by atoms with Crippen molar-refractivity contribution in [2.75, 3.05) is 13.2 Å². The standard InChI is InChI=1S/C10H13F2NO2/c11-10(12)15-9-4-1-3-8(7-9)14-6-2-5-13/h1,3-4,7,10H,2,5-6,13H2. The van der Waals surface area contributed by atoms with Crippen molar-refractivity contribution in [1.82, 2.24) is 0 Å². The van der Waals surface area contributed by atoms with Gasteiger partial charge in [0.25, 0.3) is 0 Å². The molecule has 0 saturated heterocycles. The Bertz CT molecular complexity index is 295. The van der Waals surface area contributed by atoms with Crippen molar-refractivity contribution in [2.24, 2.45) is 5.73 Å². The molecule has 5 heteroatoms. The maximum absolute atomic E-state index is 11.9. The van der Waals surface area contributed by atoms with Crippen LogP contribution in [0.25, 0.3) is 0 Å². The summed E-state index contributed by atoms with van der Waals surface area (Å²) in [5.41, 5.74) is 5.28. The summed E-state index contributed by atoms with van der Waals surface area (Å²) in [5, 5.41) is 0. The lowest BCUT2D eigenvalue weighted by Gasteiger charge is -2.08. The molecule has 0 aliphatic heterocycles. The van der Waals surface area contributed by atoms with Crippen molar-refractivity contribution in [3.05, 3.63) is 24.3 Å². The third-order valence-corrected chi connectivity index (χ3v) is 1.65. The summed E-state index contributed by atoms with van der Waals surface area (Å²) < 4.78 is 33.2. The first-order chi connectivity index (χ1) is 7.22. The van der Waals surface area contributed by atoms with Crippen molar-refractivity contribution in [3.63, 3.8) is 0 Å². The van der Waals surface area contributed by atoms with Crippen molar-refractivity contribution < 1.29 is 18.3 Å². The molecule has 0 heterocycles. The molecule has 0 spiro atoms. The van der Waals surface area contributed by atoms with E-state index in [2.05, 4.69) is 4.74 Å². The van der Waals surface area contributed by atoms with E-state index < -0.39 is 6.61 Å². The van der Waals surface area contributed by atoms with E-state index in [1.54, 1.807) is 12.1 Å². The van der Waals surface area contributed by atoms with Crippen LogP contribution in [0.3, 0.4) is 0 Å². The van der Waals surface area contributed by atoms with E-state index in [4.69, 9.17) is 10.5 Å². The highest BCUT2D eigenvalue weighted by Gasteiger charge is 2.04. The maximum Gasteiger partial charge on any atom is 0.387 e. The summed E-state index contributed by atoms with van der Waals surface area (Å²) in [4.78, 5) is 0. The third-order valence-electron chi connectivity index (χ3n) is 1.65. The Balaban J connectivity index is 2.50. The van der Waals surface area contributed by atoms with E-state index in [9.17, 15) is 8.78 Å². The molecular formula is C10H13F2NO2. The molecule has 1 aromatic rings. The minimum absolute atomic E-state index is 0.0928. The van der Waals surface area contributed by atoms with Crippen molar-refractivity contribution in [1.29, 1.82) is 0 Å². The van der Waals surface area contributed by atoms with Crippen molar-refractivity contribution in [2.45, 2.75) is 13.0 Å². The Hall–Kier alpha value is -1.36. The number of nitrogens with two attached hydrogens (primary N) is 1. The van der Waals surface area contributed by atoms with E-state index in [-0.39, 0.29) is 5.75 Å². The van der Waals surface area contributed by atoms with Crippen LogP contribution in [0.15, 0.2) is 24.3 Å². The summed E-state index contributed by atoms with van der Waals surface area (Å²) in [6, 6.07) is 6.13. The van der Waals surface area contributed by atoms with Gasteiger partial charge in [0, 0.05) is 6.07 Å². The van der Waals surface area contributed by atoms with Crippen LogP contribution in [0.2, 0.25) is 0 Å². The minimum atomic E-state index is -2.82. The highest BCUT2D eigenvalue weighted by atomic mass is 19.3. The van der Waals surface area contributed by atoms with Crippen LogP contribution in [0, 0.1) is 0 Å². The van der Waals surface area contributed by atoms with Gasteiger partial charge in [-0.15, -0.1) is 0 Å². The molecule has 0 saturated carbocycles. The van der Waals surface area contributed by atoms with Gasteiger partial charge in [-0.3, -0.25) is 0 Å². The number of hydrogen-bond donors (Lipinski definition) is 1. The molecule has 0 amide bonds. The number of alkyl halides is 2. The van der Waals surface area contributed by atoms with E-state index >= 15 is 0 Å². The summed E-state index contributed by atoms with van der Waals surface area (Å²) in [6.45, 7) is -1.81. The van der Waals surface area contributed by atoms with Crippen LogP contribution in [0.5, 0.6) is 11.5 Å². The fourth-order valence-electron chi connectivity index (χ4n) is 1.01. The number of ether oxygens (including phenoxy) is 2. The molecule has 15 heavy (non-hydrogen) atoms. The average Bonchev–Trinajstić information content (AvgIpc) is 2.18. The summed E-state index contributed by atoms with van der Waals surface area (Å²) >= 11 is 0. The third kappa shape index (κ3) is 4.60. The normalized spacial score (nSPS) is 10.4. The molecule has 0 aliphatic carbocycles. The van der Waals surface area contributed by atoms with Crippen LogP contribution in [0.1, 0.15) is 6.42 Å². The average molecular weight is 217 g/mol. The first-order valence-electron chi connectivity index (χ1n) is 4.60. The zero-order chi connectivity index (χ0) is 11.1. The monoisotopic (exact) mass is 217 g/mol. The van der Waals surface area contributed by atoms with Gasteiger partial charge >= 0.3 is 6.61 Å². The summed E-state index contributed by atoms with van der Waals surface area (Å²) in [6.07, 6.45) is 0.722. The topological polar surface area (TPSA) is 44.5 Å². The second kappa shape index (κ2) is 6.19. The first kappa shape index (κ1) is 11.7. The molecule has 0 bridgehead atoms. The highest BCUT2D eigenvalue weighted by Crippen LogP contribution is 2.20. The maximum atomic E-state index is 11.9. The van der Waals surface area contributed by atoms with Crippen LogP contribution in [-0.4, -0.2) is 19.8 Å². The van der Waals surface area contributed by atoms with Gasteiger partial charge in [0.1, 0.15) is 11.5 Å². The van der Waals surface area contributed by atoms with E-state index in [1.807, 2.05) is 0 Å². The SMILES string of the molecule is NCCCOc1cccc(OC(F)F)c1. The van der Waals surface area contributed by atoms with Gasteiger partial charge in [0.2, 0.25) is 0 Å². The van der Waals surface area contributed by atoms with Crippen LogP contribution < -0.4 is 15.2 Å². The number of hydrogen-bond acceptors (Lipinski definition) is 3. The molecular weight excluding hydrogens is 204 g/mol. The molecule has 0 aromatic heterocycles. The zero-order valence-electron chi connectivity index (χ0n) is 8.16. The van der Waals surface area contributed by atoms with E-state index in [0.29, 0.717) is 18.9 Å². The fourth-order valence-corrected chi connectivity index (χ4v) is 1.01. The Kier molecular flexibility index (Phi) is 4.83. The molecule has 0 unspecified atom stereocenters. The lowest BCUT2D eigenvalue weighted by Crippen LogP contribution is -2.06. The van der Waals surface area contributed by atoms with Gasteiger partial charge < -0.3 is 15.2 Å². The van der Waals surface area contributed by atoms with Gasteiger partial charge in [0.15, 0.2) is 0 Å². The van der Waals surface area contributed by atoms with Gasteiger partial charge in [-0.1, -0.05) is 6.07 Å². The van der Waals surface area contributed by atoms with Gasteiger partial charge in [0.05, 0.1) is 6.61 Å². The highest BCUT2D eigenvalue weighted by molar-refractivity contribution is 5.32. The number of rotatable bonds is 6. The largest absolute Gasteiger partial charge is 0.493 e. The van der Waals surface area contributed by atoms with Crippen LogP contribution in [0.4, 0.5) is 8.78 Å². The van der Waals surface area contributed by atoms with Gasteiger partial charge in [-0.25, -0.2) is 0 Å². The zero-order valence-corrected chi connectivity index (χ0v) is 8.16. The predicted octanol–water partition coefficient (Wildman–Crippen LogP) is 2.02. The molecule has 0 atom stereocenters.